The lowest BCUT2D eigenvalue weighted by Crippen LogP contribution is -2.25. The van der Waals surface area contributed by atoms with Crippen LogP contribution in [-0.2, 0) is 0 Å². The molecule has 0 saturated carbocycles. The van der Waals surface area contributed by atoms with Gasteiger partial charge >= 0.3 is 5.97 Å². The van der Waals surface area contributed by atoms with Crippen LogP contribution in [0.2, 0.25) is 0 Å². The average molecular weight is 296 g/mol. The highest BCUT2D eigenvalue weighted by molar-refractivity contribution is 7.15. The molecule has 0 saturated heterocycles. The molecule has 7 heteroatoms. The van der Waals surface area contributed by atoms with E-state index in [4.69, 9.17) is 5.11 Å². The van der Waals surface area contributed by atoms with E-state index in [2.05, 4.69) is 10.3 Å². The number of hydrogen-bond donors (Lipinski definition) is 2. The minimum absolute atomic E-state index is 0.155. The predicted octanol–water partition coefficient (Wildman–Crippen LogP) is 2.70. The second-order valence-electron chi connectivity index (χ2n) is 3.97. The largest absolute Gasteiger partial charge is 0.477 e. The van der Waals surface area contributed by atoms with Crippen molar-refractivity contribution in [3.05, 3.63) is 38.0 Å². The van der Waals surface area contributed by atoms with Crippen molar-refractivity contribution in [1.82, 2.24) is 10.3 Å². The summed E-state index contributed by atoms with van der Waals surface area (Å²) in [7, 11) is 0. The number of carbonyl (C=O) groups is 2. The van der Waals surface area contributed by atoms with Gasteiger partial charge in [-0.1, -0.05) is 0 Å². The number of carboxylic acids is 1. The summed E-state index contributed by atoms with van der Waals surface area (Å²) in [6.45, 7) is 3.80. The van der Waals surface area contributed by atoms with Gasteiger partial charge in [-0.3, -0.25) is 4.79 Å². The SMILES string of the molecule is Cc1cnc(C(C)NC(=O)c2ccc(C(=O)O)s2)s1. The van der Waals surface area contributed by atoms with Gasteiger partial charge in [0.25, 0.3) is 5.91 Å². The highest BCUT2D eigenvalue weighted by Gasteiger charge is 2.17. The van der Waals surface area contributed by atoms with Crippen molar-refractivity contribution in [1.29, 1.82) is 0 Å². The quantitative estimate of drug-likeness (QED) is 0.909. The lowest BCUT2D eigenvalue weighted by atomic mass is 10.3. The Morgan fingerprint density at radius 1 is 1.32 bits per heavy atom. The Morgan fingerprint density at radius 3 is 2.53 bits per heavy atom. The lowest BCUT2D eigenvalue weighted by molar-refractivity contribution is 0.0702. The number of aromatic nitrogens is 1. The van der Waals surface area contributed by atoms with Gasteiger partial charge in [-0.15, -0.1) is 22.7 Å². The molecule has 0 aliphatic carbocycles. The van der Waals surface area contributed by atoms with Gasteiger partial charge in [-0.05, 0) is 26.0 Å². The number of aryl methyl sites for hydroxylation is 1. The summed E-state index contributed by atoms with van der Waals surface area (Å²) in [4.78, 5) is 28.5. The minimum atomic E-state index is -1.02. The van der Waals surface area contributed by atoms with Gasteiger partial charge in [0.15, 0.2) is 0 Å². The molecule has 0 fully saturated rings. The molecule has 2 aromatic rings. The molecule has 5 nitrogen and oxygen atoms in total. The van der Waals surface area contributed by atoms with Gasteiger partial charge in [0.1, 0.15) is 9.88 Å². The number of thiazole rings is 1. The molecule has 100 valence electrons. The van der Waals surface area contributed by atoms with E-state index < -0.39 is 5.97 Å². The fourth-order valence-electron chi connectivity index (χ4n) is 1.48. The van der Waals surface area contributed by atoms with E-state index in [9.17, 15) is 9.59 Å². The Bertz CT molecular complexity index is 618. The molecule has 19 heavy (non-hydrogen) atoms. The topological polar surface area (TPSA) is 79.3 Å². The van der Waals surface area contributed by atoms with Crippen LogP contribution in [0.4, 0.5) is 0 Å². The summed E-state index contributed by atoms with van der Waals surface area (Å²) in [5.41, 5.74) is 0. The summed E-state index contributed by atoms with van der Waals surface area (Å²) in [6.07, 6.45) is 1.76. The summed E-state index contributed by atoms with van der Waals surface area (Å²) in [5, 5.41) is 12.5. The van der Waals surface area contributed by atoms with Crippen molar-refractivity contribution in [3.8, 4) is 0 Å². The van der Waals surface area contributed by atoms with Gasteiger partial charge in [0.2, 0.25) is 0 Å². The molecule has 2 heterocycles. The van der Waals surface area contributed by atoms with Crippen molar-refractivity contribution in [2.45, 2.75) is 19.9 Å². The fourth-order valence-corrected chi connectivity index (χ4v) is 3.00. The summed E-state index contributed by atoms with van der Waals surface area (Å²) in [6, 6.07) is 2.75. The molecule has 0 bridgehead atoms. The Kier molecular flexibility index (Phi) is 3.96. The van der Waals surface area contributed by atoms with E-state index in [0.29, 0.717) is 4.88 Å². The maximum Gasteiger partial charge on any atom is 0.345 e. The van der Waals surface area contributed by atoms with Crippen LogP contribution in [0.3, 0.4) is 0 Å². The van der Waals surface area contributed by atoms with E-state index >= 15 is 0 Å². The molecule has 2 N–H and O–H groups in total. The smallest absolute Gasteiger partial charge is 0.345 e. The van der Waals surface area contributed by atoms with Crippen molar-refractivity contribution in [2.75, 3.05) is 0 Å². The number of hydrogen-bond acceptors (Lipinski definition) is 5. The van der Waals surface area contributed by atoms with Crippen molar-refractivity contribution in [2.24, 2.45) is 0 Å². The number of aromatic carboxylic acids is 1. The third-order valence-corrected chi connectivity index (χ3v) is 4.57. The van der Waals surface area contributed by atoms with E-state index in [1.807, 2.05) is 13.8 Å². The van der Waals surface area contributed by atoms with Crippen LogP contribution < -0.4 is 5.32 Å². The van der Waals surface area contributed by atoms with Crippen molar-refractivity contribution < 1.29 is 14.7 Å². The second kappa shape index (κ2) is 5.50. The molecular weight excluding hydrogens is 284 g/mol. The van der Waals surface area contributed by atoms with Crippen molar-refractivity contribution in [3.63, 3.8) is 0 Å². The first-order valence-electron chi connectivity index (χ1n) is 5.53. The molecule has 0 spiro atoms. The molecule has 2 rings (SSSR count). The number of nitrogens with one attached hydrogen (secondary N) is 1. The van der Waals surface area contributed by atoms with Gasteiger partial charge < -0.3 is 10.4 Å². The maximum absolute atomic E-state index is 12.0. The third-order valence-electron chi connectivity index (χ3n) is 2.40. The first kappa shape index (κ1) is 13.7. The Labute approximate surface area is 117 Å². The van der Waals surface area contributed by atoms with Crippen LogP contribution in [0.5, 0.6) is 0 Å². The predicted molar refractivity (Wildman–Crippen MR) is 74.0 cm³/mol. The van der Waals surface area contributed by atoms with E-state index in [1.54, 1.807) is 6.20 Å². The van der Waals surface area contributed by atoms with Crippen LogP contribution in [0.15, 0.2) is 18.3 Å². The number of nitrogens with zero attached hydrogens (tertiary/aromatic N) is 1. The second-order valence-corrected chi connectivity index (χ2v) is 6.32. The zero-order valence-corrected chi connectivity index (χ0v) is 12.0. The molecule has 0 aliphatic heterocycles. The van der Waals surface area contributed by atoms with Gasteiger partial charge in [-0.25, -0.2) is 9.78 Å². The normalized spacial score (nSPS) is 12.1. The Balaban J connectivity index is 2.06. The van der Waals surface area contributed by atoms with Gasteiger partial charge in [0.05, 0.1) is 10.9 Å². The Hall–Kier alpha value is -1.73. The van der Waals surface area contributed by atoms with Gasteiger partial charge in [-0.2, -0.15) is 0 Å². The third kappa shape index (κ3) is 3.18. The number of carboxylic acid groups (broad SMARTS) is 1. The van der Waals surface area contributed by atoms with Crippen LogP contribution in [0.1, 0.15) is 42.2 Å². The number of thiophene rings is 1. The molecule has 2 aromatic heterocycles. The first-order valence-corrected chi connectivity index (χ1v) is 7.17. The van der Waals surface area contributed by atoms with Gasteiger partial charge in [0, 0.05) is 11.1 Å². The molecule has 0 aromatic carbocycles. The summed E-state index contributed by atoms with van der Waals surface area (Å²) < 4.78 is 0. The van der Waals surface area contributed by atoms with Crippen molar-refractivity contribution >= 4 is 34.6 Å². The highest BCUT2D eigenvalue weighted by Crippen LogP contribution is 2.21. The van der Waals surface area contributed by atoms with Crippen LogP contribution >= 0.6 is 22.7 Å². The molecule has 1 atom stereocenters. The Morgan fingerprint density at radius 2 is 2.00 bits per heavy atom. The highest BCUT2D eigenvalue weighted by atomic mass is 32.1. The first-order chi connectivity index (χ1) is 8.97. The number of carbonyl (C=O) groups excluding carboxylic acids is 1. The lowest BCUT2D eigenvalue weighted by Gasteiger charge is -2.09. The molecule has 1 amide bonds. The maximum atomic E-state index is 12.0. The van der Waals surface area contributed by atoms with Crippen LogP contribution in [-0.4, -0.2) is 22.0 Å². The molecule has 0 aliphatic rings. The molecular formula is C12H12N2O3S2. The number of amides is 1. The average Bonchev–Trinajstić information content (AvgIpc) is 2.96. The molecule has 1 unspecified atom stereocenters. The van der Waals surface area contributed by atoms with E-state index in [-0.39, 0.29) is 16.8 Å². The zero-order chi connectivity index (χ0) is 14.0. The minimum Gasteiger partial charge on any atom is -0.477 e. The fraction of sp³-hybridized carbons (Fsp3) is 0.250. The summed E-state index contributed by atoms with van der Waals surface area (Å²) in [5.74, 6) is -1.30. The monoisotopic (exact) mass is 296 g/mol. The zero-order valence-electron chi connectivity index (χ0n) is 10.3. The standard InChI is InChI=1S/C12H12N2O3S2/c1-6-5-13-11(18-6)7(2)14-10(15)8-3-4-9(19-8)12(16)17/h3-5,7H,1-2H3,(H,14,15)(H,16,17). The van der Waals surface area contributed by atoms with E-state index in [1.165, 1.54) is 23.5 Å². The molecule has 0 radical (unpaired) electrons. The van der Waals surface area contributed by atoms with E-state index in [0.717, 1.165) is 21.2 Å². The van der Waals surface area contributed by atoms with Crippen LogP contribution in [0.25, 0.3) is 0 Å². The number of rotatable bonds is 4. The summed E-state index contributed by atoms with van der Waals surface area (Å²) >= 11 is 2.49. The van der Waals surface area contributed by atoms with Crippen LogP contribution in [0, 0.1) is 6.92 Å².